The van der Waals surface area contributed by atoms with Crippen molar-refractivity contribution in [1.82, 2.24) is 25.3 Å². The zero-order chi connectivity index (χ0) is 17.8. The predicted octanol–water partition coefficient (Wildman–Crippen LogP) is 1.59. The Kier molecular flexibility index (Phi) is 4.95. The molecule has 130 valence electrons. The number of aromatic amines is 1. The van der Waals surface area contributed by atoms with E-state index in [4.69, 9.17) is 5.73 Å². The van der Waals surface area contributed by atoms with Crippen molar-refractivity contribution < 1.29 is 4.79 Å². The number of nitrogens with zero attached hydrogens (tertiary/aromatic N) is 3. The Morgan fingerprint density at radius 3 is 2.68 bits per heavy atom. The van der Waals surface area contributed by atoms with E-state index >= 15 is 0 Å². The minimum absolute atomic E-state index is 0.221. The van der Waals surface area contributed by atoms with Crippen molar-refractivity contribution in [3.8, 4) is 0 Å². The number of rotatable bonds is 6. The summed E-state index contributed by atoms with van der Waals surface area (Å²) in [4.78, 5) is 12.5. The summed E-state index contributed by atoms with van der Waals surface area (Å²) in [5, 5.41) is 14.1. The third kappa shape index (κ3) is 3.77. The van der Waals surface area contributed by atoms with Crippen LogP contribution in [0.1, 0.15) is 34.1 Å². The van der Waals surface area contributed by atoms with Crippen LogP contribution in [-0.4, -0.2) is 25.9 Å². The number of aryl methyl sites for hydroxylation is 2. The molecule has 0 spiro atoms. The molecule has 4 N–H and O–H groups in total. The van der Waals surface area contributed by atoms with Crippen LogP contribution in [-0.2, 0) is 17.9 Å². The molecule has 0 aliphatic rings. The number of carbonyl (C=O) groups excluding carboxylic acids is 1. The lowest BCUT2D eigenvalue weighted by Gasteiger charge is -2.15. The molecule has 25 heavy (non-hydrogen) atoms. The van der Waals surface area contributed by atoms with Crippen LogP contribution in [0.5, 0.6) is 0 Å². The van der Waals surface area contributed by atoms with Crippen molar-refractivity contribution in [2.24, 2.45) is 5.73 Å². The standard InChI is InChI=1S/C18H22N6O/c1-12-16(13(2)23-22-12)17(19)18(25)20-10-14-6-3-4-7-15(14)11-24-9-5-8-21-24/h3-9,17H,10-11,19H2,1-2H3,(H,20,25)(H,22,23). The van der Waals surface area contributed by atoms with Gasteiger partial charge in [0.1, 0.15) is 6.04 Å². The highest BCUT2D eigenvalue weighted by Crippen LogP contribution is 2.18. The summed E-state index contributed by atoms with van der Waals surface area (Å²) >= 11 is 0. The van der Waals surface area contributed by atoms with E-state index in [1.165, 1.54) is 0 Å². The maximum Gasteiger partial charge on any atom is 0.241 e. The Hall–Kier alpha value is -2.93. The van der Waals surface area contributed by atoms with Crippen molar-refractivity contribution in [2.45, 2.75) is 33.0 Å². The van der Waals surface area contributed by atoms with E-state index in [1.807, 2.05) is 55.1 Å². The van der Waals surface area contributed by atoms with Gasteiger partial charge in [-0.05, 0) is 31.0 Å². The molecule has 0 saturated carbocycles. The van der Waals surface area contributed by atoms with E-state index in [2.05, 4.69) is 20.6 Å². The van der Waals surface area contributed by atoms with Crippen LogP contribution in [0.15, 0.2) is 42.7 Å². The highest BCUT2D eigenvalue weighted by Gasteiger charge is 2.21. The molecule has 3 rings (SSSR count). The normalized spacial score (nSPS) is 12.1. The minimum Gasteiger partial charge on any atom is -0.350 e. The molecular formula is C18H22N6O. The number of H-pyrrole nitrogens is 1. The van der Waals surface area contributed by atoms with E-state index < -0.39 is 6.04 Å². The highest BCUT2D eigenvalue weighted by molar-refractivity contribution is 5.83. The first-order valence-corrected chi connectivity index (χ1v) is 8.15. The summed E-state index contributed by atoms with van der Waals surface area (Å²) in [6.45, 7) is 4.78. The highest BCUT2D eigenvalue weighted by atomic mass is 16.2. The lowest BCUT2D eigenvalue weighted by atomic mass is 10.0. The average Bonchev–Trinajstić information content (AvgIpc) is 3.23. The van der Waals surface area contributed by atoms with Gasteiger partial charge in [-0.25, -0.2) is 0 Å². The number of hydrogen-bond acceptors (Lipinski definition) is 4. The third-order valence-corrected chi connectivity index (χ3v) is 4.24. The van der Waals surface area contributed by atoms with Gasteiger partial charge < -0.3 is 11.1 Å². The summed E-state index contributed by atoms with van der Waals surface area (Å²) in [6.07, 6.45) is 3.66. The number of nitrogens with two attached hydrogens (primary N) is 1. The van der Waals surface area contributed by atoms with Gasteiger partial charge in [-0.2, -0.15) is 10.2 Å². The molecule has 1 aromatic carbocycles. The molecule has 2 heterocycles. The summed E-state index contributed by atoms with van der Waals surface area (Å²) in [5.41, 5.74) is 10.6. The first-order valence-electron chi connectivity index (χ1n) is 8.15. The Labute approximate surface area is 146 Å². The fourth-order valence-corrected chi connectivity index (χ4v) is 2.89. The molecule has 1 amide bonds. The maximum absolute atomic E-state index is 12.5. The topological polar surface area (TPSA) is 102 Å². The fourth-order valence-electron chi connectivity index (χ4n) is 2.89. The molecule has 1 unspecified atom stereocenters. The van der Waals surface area contributed by atoms with Gasteiger partial charge in [0, 0.05) is 30.2 Å². The SMILES string of the molecule is Cc1n[nH]c(C)c1C(N)C(=O)NCc1ccccc1Cn1cccn1. The quantitative estimate of drug-likeness (QED) is 0.635. The van der Waals surface area contributed by atoms with Crippen LogP contribution < -0.4 is 11.1 Å². The van der Waals surface area contributed by atoms with Gasteiger partial charge in [0.05, 0.1) is 12.2 Å². The molecular weight excluding hydrogens is 316 g/mol. The summed E-state index contributed by atoms with van der Waals surface area (Å²) in [5.74, 6) is -0.221. The summed E-state index contributed by atoms with van der Waals surface area (Å²) in [6, 6.07) is 9.12. The Morgan fingerprint density at radius 2 is 2.04 bits per heavy atom. The molecule has 0 bridgehead atoms. The third-order valence-electron chi connectivity index (χ3n) is 4.24. The summed E-state index contributed by atoms with van der Waals surface area (Å²) < 4.78 is 1.85. The molecule has 0 radical (unpaired) electrons. The zero-order valence-corrected chi connectivity index (χ0v) is 14.4. The second-order valence-electron chi connectivity index (χ2n) is 6.02. The Balaban J connectivity index is 1.68. The van der Waals surface area contributed by atoms with Gasteiger partial charge in [0.25, 0.3) is 0 Å². The molecule has 0 aliphatic heterocycles. The number of nitrogens with one attached hydrogen (secondary N) is 2. The van der Waals surface area contributed by atoms with Gasteiger partial charge in [-0.15, -0.1) is 0 Å². The van der Waals surface area contributed by atoms with Crippen LogP contribution in [0.4, 0.5) is 0 Å². The lowest BCUT2D eigenvalue weighted by Crippen LogP contribution is -2.34. The van der Waals surface area contributed by atoms with E-state index in [-0.39, 0.29) is 5.91 Å². The lowest BCUT2D eigenvalue weighted by molar-refractivity contribution is -0.122. The smallest absolute Gasteiger partial charge is 0.241 e. The first-order chi connectivity index (χ1) is 12.1. The van der Waals surface area contributed by atoms with E-state index in [0.717, 1.165) is 28.1 Å². The number of benzene rings is 1. The van der Waals surface area contributed by atoms with Gasteiger partial charge in [0.2, 0.25) is 5.91 Å². The Bertz CT molecular complexity index is 833. The largest absolute Gasteiger partial charge is 0.350 e. The number of hydrogen-bond donors (Lipinski definition) is 3. The van der Waals surface area contributed by atoms with Gasteiger partial charge in [-0.1, -0.05) is 24.3 Å². The monoisotopic (exact) mass is 338 g/mol. The predicted molar refractivity (Wildman–Crippen MR) is 94.6 cm³/mol. The average molecular weight is 338 g/mol. The molecule has 3 aromatic rings. The maximum atomic E-state index is 12.5. The van der Waals surface area contributed by atoms with Gasteiger partial charge >= 0.3 is 0 Å². The number of carbonyl (C=O) groups is 1. The van der Waals surface area contributed by atoms with Gasteiger partial charge in [-0.3, -0.25) is 14.6 Å². The van der Waals surface area contributed by atoms with Crippen LogP contribution in [0.25, 0.3) is 0 Å². The van der Waals surface area contributed by atoms with Crippen molar-refractivity contribution in [2.75, 3.05) is 0 Å². The van der Waals surface area contributed by atoms with Gasteiger partial charge in [0.15, 0.2) is 0 Å². The zero-order valence-electron chi connectivity index (χ0n) is 14.4. The molecule has 0 saturated heterocycles. The van der Waals surface area contributed by atoms with Crippen LogP contribution >= 0.6 is 0 Å². The fraction of sp³-hybridized carbons (Fsp3) is 0.278. The second kappa shape index (κ2) is 7.31. The molecule has 7 heteroatoms. The molecule has 7 nitrogen and oxygen atoms in total. The van der Waals surface area contributed by atoms with Crippen LogP contribution in [0.3, 0.4) is 0 Å². The molecule has 2 aromatic heterocycles. The van der Waals surface area contributed by atoms with E-state index in [9.17, 15) is 4.79 Å². The molecule has 1 atom stereocenters. The second-order valence-corrected chi connectivity index (χ2v) is 6.02. The van der Waals surface area contributed by atoms with E-state index in [0.29, 0.717) is 13.1 Å². The summed E-state index contributed by atoms with van der Waals surface area (Å²) in [7, 11) is 0. The molecule has 0 aliphatic carbocycles. The first kappa shape index (κ1) is 16.9. The van der Waals surface area contributed by atoms with Crippen LogP contribution in [0.2, 0.25) is 0 Å². The van der Waals surface area contributed by atoms with Crippen molar-refractivity contribution in [1.29, 1.82) is 0 Å². The minimum atomic E-state index is -0.739. The Morgan fingerprint density at radius 1 is 1.28 bits per heavy atom. The van der Waals surface area contributed by atoms with Crippen molar-refractivity contribution in [3.05, 3.63) is 70.8 Å². The van der Waals surface area contributed by atoms with E-state index in [1.54, 1.807) is 6.20 Å². The van der Waals surface area contributed by atoms with Crippen LogP contribution in [0, 0.1) is 13.8 Å². The van der Waals surface area contributed by atoms with Crippen molar-refractivity contribution in [3.63, 3.8) is 0 Å². The number of amides is 1. The molecule has 0 fully saturated rings. The number of aromatic nitrogens is 4. The van der Waals surface area contributed by atoms with Crippen molar-refractivity contribution >= 4 is 5.91 Å².